The second kappa shape index (κ2) is 7.64. The van der Waals surface area contributed by atoms with Gasteiger partial charge in [0.15, 0.2) is 0 Å². The fraction of sp³-hybridized carbons (Fsp3) is 0.0833. The number of benzene rings is 3. The van der Waals surface area contributed by atoms with Crippen molar-refractivity contribution in [2.24, 2.45) is 5.73 Å². The Labute approximate surface area is 168 Å². The van der Waals surface area contributed by atoms with Gasteiger partial charge in [-0.15, -0.1) is 0 Å². The van der Waals surface area contributed by atoms with E-state index >= 15 is 0 Å². The molecule has 3 N–H and O–H groups in total. The zero-order valence-electron chi connectivity index (χ0n) is 15.5. The Morgan fingerprint density at radius 1 is 0.828 bits per heavy atom. The highest BCUT2D eigenvalue weighted by Gasteiger charge is 2.30. The summed E-state index contributed by atoms with van der Waals surface area (Å²) in [6.07, 6.45) is 0. The maximum absolute atomic E-state index is 12.8. The van der Waals surface area contributed by atoms with Crippen LogP contribution in [0.25, 0.3) is 16.7 Å². The summed E-state index contributed by atoms with van der Waals surface area (Å²) in [5.41, 5.74) is 9.84. The highest BCUT2D eigenvalue weighted by atomic mass is 16.5. The van der Waals surface area contributed by atoms with E-state index in [4.69, 9.17) is 10.5 Å². The molecule has 3 aromatic rings. The van der Waals surface area contributed by atoms with Gasteiger partial charge in [-0.2, -0.15) is 0 Å². The highest BCUT2D eigenvalue weighted by Crippen LogP contribution is 2.44. The number of carbonyl (C=O) groups excluding carboxylic acids is 1. The molecule has 5 heteroatoms. The van der Waals surface area contributed by atoms with E-state index in [1.54, 1.807) is 30.3 Å². The molecule has 0 atom stereocenters. The lowest BCUT2D eigenvalue weighted by molar-refractivity contribution is -0.138. The molecule has 0 saturated carbocycles. The van der Waals surface area contributed by atoms with Crippen molar-refractivity contribution < 1.29 is 19.4 Å². The van der Waals surface area contributed by atoms with E-state index in [1.165, 1.54) is 0 Å². The largest absolute Gasteiger partial charge is 0.477 e. The number of fused-ring (bicyclic) bond motifs is 3. The van der Waals surface area contributed by atoms with Crippen LogP contribution in [0.3, 0.4) is 0 Å². The standard InChI is InChI=1S/C24H19NO4/c25-22(23(26)27)21(15-8-2-1-3-9-15)24(28)29-14-20-18-12-6-4-10-16(18)17-11-5-7-13-19(17)20/h1-13,20H,14,25H2,(H,26,27). The Morgan fingerprint density at radius 2 is 1.34 bits per heavy atom. The smallest absolute Gasteiger partial charge is 0.352 e. The molecule has 5 nitrogen and oxygen atoms in total. The number of hydrogen-bond donors (Lipinski definition) is 2. The lowest BCUT2D eigenvalue weighted by atomic mass is 9.98. The summed E-state index contributed by atoms with van der Waals surface area (Å²) in [4.78, 5) is 24.3. The second-order valence-corrected chi connectivity index (χ2v) is 6.79. The van der Waals surface area contributed by atoms with Gasteiger partial charge >= 0.3 is 11.9 Å². The number of carboxylic acid groups (broad SMARTS) is 1. The molecule has 0 bridgehead atoms. The van der Waals surface area contributed by atoms with Gasteiger partial charge in [0.05, 0.1) is 5.57 Å². The van der Waals surface area contributed by atoms with E-state index in [1.807, 2.05) is 48.5 Å². The number of esters is 1. The molecule has 0 aliphatic heterocycles. The average molecular weight is 385 g/mol. The van der Waals surface area contributed by atoms with Crippen molar-refractivity contribution >= 4 is 17.5 Å². The molecule has 0 radical (unpaired) electrons. The van der Waals surface area contributed by atoms with Crippen LogP contribution in [0, 0.1) is 0 Å². The summed E-state index contributed by atoms with van der Waals surface area (Å²) in [6, 6.07) is 24.5. The summed E-state index contributed by atoms with van der Waals surface area (Å²) in [5.74, 6) is -2.23. The van der Waals surface area contributed by atoms with E-state index in [9.17, 15) is 14.7 Å². The molecule has 0 heterocycles. The third kappa shape index (κ3) is 3.38. The fourth-order valence-electron chi connectivity index (χ4n) is 3.77. The van der Waals surface area contributed by atoms with E-state index in [0.717, 1.165) is 22.3 Å². The monoisotopic (exact) mass is 385 g/mol. The molecular weight excluding hydrogens is 366 g/mol. The first-order chi connectivity index (χ1) is 14.1. The Morgan fingerprint density at radius 3 is 1.90 bits per heavy atom. The number of hydrogen-bond acceptors (Lipinski definition) is 4. The highest BCUT2D eigenvalue weighted by molar-refractivity contribution is 6.22. The topological polar surface area (TPSA) is 89.6 Å². The summed E-state index contributed by atoms with van der Waals surface area (Å²) < 4.78 is 5.59. The molecule has 3 aromatic carbocycles. The van der Waals surface area contributed by atoms with Gasteiger partial charge in [0.25, 0.3) is 0 Å². The van der Waals surface area contributed by atoms with Gasteiger partial charge in [0.2, 0.25) is 0 Å². The summed E-state index contributed by atoms with van der Waals surface area (Å²) in [5, 5.41) is 9.31. The predicted octanol–water partition coefficient (Wildman–Crippen LogP) is 3.80. The Bertz CT molecular complexity index is 1070. The maximum Gasteiger partial charge on any atom is 0.352 e. The third-order valence-electron chi connectivity index (χ3n) is 5.11. The number of carboxylic acids is 1. The third-order valence-corrected chi connectivity index (χ3v) is 5.11. The van der Waals surface area contributed by atoms with Crippen molar-refractivity contribution in [3.8, 4) is 11.1 Å². The molecule has 144 valence electrons. The predicted molar refractivity (Wildman–Crippen MR) is 110 cm³/mol. The molecule has 1 aliphatic rings. The molecule has 1 aliphatic carbocycles. The minimum atomic E-state index is -1.36. The normalized spacial score (nSPS) is 13.2. The molecule has 0 fully saturated rings. The zero-order valence-corrected chi connectivity index (χ0v) is 15.5. The van der Waals surface area contributed by atoms with Crippen LogP contribution in [0.15, 0.2) is 84.6 Å². The van der Waals surface area contributed by atoms with Crippen LogP contribution in [-0.4, -0.2) is 23.7 Å². The molecule has 0 amide bonds. The van der Waals surface area contributed by atoms with Crippen LogP contribution in [0.1, 0.15) is 22.6 Å². The second-order valence-electron chi connectivity index (χ2n) is 6.79. The van der Waals surface area contributed by atoms with Crippen LogP contribution in [0.2, 0.25) is 0 Å². The van der Waals surface area contributed by atoms with Gasteiger partial charge < -0.3 is 15.6 Å². The van der Waals surface area contributed by atoms with E-state index in [0.29, 0.717) is 5.56 Å². The van der Waals surface area contributed by atoms with E-state index < -0.39 is 17.6 Å². The average Bonchev–Trinajstić information content (AvgIpc) is 3.07. The van der Waals surface area contributed by atoms with Crippen LogP contribution >= 0.6 is 0 Å². The Kier molecular flexibility index (Phi) is 4.87. The minimum Gasteiger partial charge on any atom is -0.477 e. The molecule has 0 unspecified atom stereocenters. The molecular formula is C24H19NO4. The maximum atomic E-state index is 12.8. The fourth-order valence-corrected chi connectivity index (χ4v) is 3.77. The lowest BCUT2D eigenvalue weighted by Gasteiger charge is -2.16. The zero-order chi connectivity index (χ0) is 20.4. The van der Waals surface area contributed by atoms with Gasteiger partial charge in [-0.1, -0.05) is 78.9 Å². The first-order valence-electron chi connectivity index (χ1n) is 9.21. The van der Waals surface area contributed by atoms with Gasteiger partial charge in [-0.25, -0.2) is 9.59 Å². The van der Waals surface area contributed by atoms with Crippen molar-refractivity contribution in [1.82, 2.24) is 0 Å². The van der Waals surface area contributed by atoms with Gasteiger partial charge in [0, 0.05) is 5.92 Å². The lowest BCUT2D eigenvalue weighted by Crippen LogP contribution is -2.20. The van der Waals surface area contributed by atoms with Gasteiger partial charge in [-0.05, 0) is 27.8 Å². The summed E-state index contributed by atoms with van der Waals surface area (Å²) in [7, 11) is 0. The van der Waals surface area contributed by atoms with Crippen molar-refractivity contribution in [2.45, 2.75) is 5.92 Å². The molecule has 29 heavy (non-hydrogen) atoms. The quantitative estimate of drug-likeness (QED) is 0.515. The SMILES string of the molecule is NC(C(=O)O)=C(C(=O)OCC1c2ccccc2-c2ccccc21)c1ccccc1. The number of carbonyl (C=O) groups is 2. The van der Waals surface area contributed by atoms with Crippen LogP contribution in [0.5, 0.6) is 0 Å². The molecule has 0 spiro atoms. The number of rotatable bonds is 5. The molecule has 0 aromatic heterocycles. The van der Waals surface area contributed by atoms with Gasteiger partial charge in [0.1, 0.15) is 12.3 Å². The van der Waals surface area contributed by atoms with Crippen LogP contribution in [0.4, 0.5) is 0 Å². The minimum absolute atomic E-state index is 0.0933. The van der Waals surface area contributed by atoms with Gasteiger partial charge in [-0.3, -0.25) is 0 Å². The van der Waals surface area contributed by atoms with Crippen LogP contribution in [-0.2, 0) is 14.3 Å². The summed E-state index contributed by atoms with van der Waals surface area (Å²) >= 11 is 0. The Balaban J connectivity index is 1.64. The van der Waals surface area contributed by atoms with E-state index in [-0.39, 0.29) is 18.1 Å². The van der Waals surface area contributed by atoms with Crippen molar-refractivity contribution in [2.75, 3.05) is 6.61 Å². The molecule has 4 rings (SSSR count). The first-order valence-corrected chi connectivity index (χ1v) is 9.21. The van der Waals surface area contributed by atoms with E-state index in [2.05, 4.69) is 0 Å². The molecule has 0 saturated heterocycles. The number of ether oxygens (including phenoxy) is 1. The van der Waals surface area contributed by atoms with Crippen molar-refractivity contribution in [3.05, 3.63) is 101 Å². The summed E-state index contributed by atoms with van der Waals surface area (Å²) in [6.45, 7) is 0.0933. The Hall–Kier alpha value is -3.86. The van der Waals surface area contributed by atoms with Crippen LogP contribution < -0.4 is 5.73 Å². The number of nitrogens with two attached hydrogens (primary N) is 1. The van der Waals surface area contributed by atoms with Crippen molar-refractivity contribution in [1.29, 1.82) is 0 Å². The first kappa shape index (κ1) is 18.5. The van der Waals surface area contributed by atoms with Crippen molar-refractivity contribution in [3.63, 3.8) is 0 Å². The number of aliphatic carboxylic acids is 1.